The van der Waals surface area contributed by atoms with Gasteiger partial charge in [0.15, 0.2) is 0 Å². The van der Waals surface area contributed by atoms with Crippen LogP contribution >= 0.6 is 0 Å². The lowest BCUT2D eigenvalue weighted by Crippen LogP contribution is -2.26. The summed E-state index contributed by atoms with van der Waals surface area (Å²) in [7, 11) is 1.92. The lowest BCUT2D eigenvalue weighted by Gasteiger charge is -2.21. The number of aromatic amines is 1. The van der Waals surface area contributed by atoms with Gasteiger partial charge in [-0.1, -0.05) is 20.8 Å². The highest BCUT2D eigenvalue weighted by Gasteiger charge is 2.30. The first-order chi connectivity index (χ1) is 13.6. The molecule has 0 aliphatic carbocycles. The Morgan fingerprint density at radius 2 is 2.10 bits per heavy atom. The topological polar surface area (TPSA) is 97.7 Å². The lowest BCUT2D eigenvalue weighted by atomic mass is 9.88. The van der Waals surface area contributed by atoms with E-state index in [2.05, 4.69) is 41.4 Å². The van der Waals surface area contributed by atoms with E-state index in [1.165, 1.54) is 0 Å². The number of fused-ring (bicyclic) bond motifs is 1. The van der Waals surface area contributed by atoms with Crippen LogP contribution in [0.3, 0.4) is 0 Å². The predicted molar refractivity (Wildman–Crippen MR) is 111 cm³/mol. The molecular weight excluding hydrogens is 368 g/mol. The molecule has 0 aromatic carbocycles. The summed E-state index contributed by atoms with van der Waals surface area (Å²) in [5.41, 5.74) is 4.45. The number of hydrogen-bond donors (Lipinski definition) is 2. The van der Waals surface area contributed by atoms with Gasteiger partial charge in [-0.3, -0.25) is 14.6 Å². The predicted octanol–water partition coefficient (Wildman–Crippen LogP) is 2.87. The van der Waals surface area contributed by atoms with Gasteiger partial charge >= 0.3 is 0 Å². The monoisotopic (exact) mass is 396 g/mol. The maximum atomic E-state index is 11.6. The molecule has 2 unspecified atom stereocenters. The highest BCUT2D eigenvalue weighted by molar-refractivity contribution is 5.89. The molecule has 1 saturated heterocycles. The number of hydrogen-bond acceptors (Lipinski definition) is 5. The highest BCUT2D eigenvalue weighted by atomic mass is 16.5. The van der Waals surface area contributed by atoms with Gasteiger partial charge in [0.1, 0.15) is 11.6 Å². The summed E-state index contributed by atoms with van der Waals surface area (Å²) in [5.74, 6) is 0.748. The van der Waals surface area contributed by atoms with E-state index in [0.29, 0.717) is 18.8 Å². The van der Waals surface area contributed by atoms with Crippen LogP contribution in [0, 0.1) is 12.8 Å². The van der Waals surface area contributed by atoms with Crippen LogP contribution in [0.2, 0.25) is 0 Å². The zero-order valence-electron chi connectivity index (χ0n) is 17.8. The fourth-order valence-electron chi connectivity index (χ4n) is 3.83. The minimum atomic E-state index is -0.147. The standard InChI is InChI=1S/C21H28N6O2/c1-11-18-16(26-27(11)6)8-15(14-10-23-25-19(14)21(3,4)5)24-20(18)29-12(2)13-7-17(28)22-9-13/h8,10,12-13H,7,9H2,1-6H3,(H,22,28)(H,23,25). The number of nitrogens with one attached hydrogen (secondary N) is 2. The van der Waals surface area contributed by atoms with Crippen LogP contribution in [-0.4, -0.2) is 43.5 Å². The van der Waals surface area contributed by atoms with Crippen LogP contribution < -0.4 is 10.1 Å². The van der Waals surface area contributed by atoms with Gasteiger partial charge in [-0.05, 0) is 19.9 Å². The molecule has 8 nitrogen and oxygen atoms in total. The molecule has 0 radical (unpaired) electrons. The number of rotatable bonds is 4. The van der Waals surface area contributed by atoms with Crippen molar-refractivity contribution in [2.24, 2.45) is 13.0 Å². The second-order valence-corrected chi connectivity index (χ2v) is 8.92. The maximum Gasteiger partial charge on any atom is 0.225 e. The summed E-state index contributed by atoms with van der Waals surface area (Å²) in [6.07, 6.45) is 2.13. The van der Waals surface area contributed by atoms with Gasteiger partial charge in [0.25, 0.3) is 0 Å². The van der Waals surface area contributed by atoms with Crippen LogP contribution in [0.25, 0.3) is 22.2 Å². The van der Waals surface area contributed by atoms with Gasteiger partial charge in [0, 0.05) is 48.3 Å². The Balaban J connectivity index is 1.81. The fraction of sp³-hybridized carbons (Fsp3) is 0.524. The molecule has 1 aliphatic rings. The summed E-state index contributed by atoms with van der Waals surface area (Å²) in [6, 6.07) is 1.99. The van der Waals surface area contributed by atoms with Crippen LogP contribution in [-0.2, 0) is 17.3 Å². The molecular formula is C21H28N6O2. The highest BCUT2D eigenvalue weighted by Crippen LogP contribution is 2.36. The zero-order chi connectivity index (χ0) is 20.9. The van der Waals surface area contributed by atoms with Gasteiger partial charge in [0.2, 0.25) is 11.8 Å². The SMILES string of the molecule is Cc1c2c(OC(C)C3CNC(=O)C3)nc(-c3cn[nH]c3C(C)(C)C)cc2nn1C. The van der Waals surface area contributed by atoms with Gasteiger partial charge in [-0.15, -0.1) is 0 Å². The fourth-order valence-corrected chi connectivity index (χ4v) is 3.83. The summed E-state index contributed by atoms with van der Waals surface area (Å²) in [4.78, 5) is 16.5. The normalized spacial score (nSPS) is 18.3. The molecule has 0 spiro atoms. The molecule has 2 N–H and O–H groups in total. The Kier molecular flexibility index (Phi) is 4.59. The average Bonchev–Trinajstić information content (AvgIpc) is 3.34. The van der Waals surface area contributed by atoms with E-state index in [9.17, 15) is 4.79 Å². The molecule has 1 aliphatic heterocycles. The molecule has 3 aromatic rings. The molecule has 4 rings (SSSR count). The van der Waals surface area contributed by atoms with Crippen molar-refractivity contribution in [3.05, 3.63) is 23.7 Å². The zero-order valence-corrected chi connectivity index (χ0v) is 17.8. The van der Waals surface area contributed by atoms with E-state index in [4.69, 9.17) is 9.72 Å². The number of carbonyl (C=O) groups is 1. The van der Waals surface area contributed by atoms with E-state index in [1.807, 2.05) is 31.6 Å². The van der Waals surface area contributed by atoms with Crippen LogP contribution in [0.5, 0.6) is 5.88 Å². The number of carbonyl (C=O) groups excluding carboxylic acids is 1. The molecule has 8 heteroatoms. The Morgan fingerprint density at radius 1 is 1.34 bits per heavy atom. The maximum absolute atomic E-state index is 11.6. The van der Waals surface area contributed by atoms with Crippen molar-refractivity contribution in [2.75, 3.05) is 6.54 Å². The van der Waals surface area contributed by atoms with E-state index in [0.717, 1.165) is 33.5 Å². The Hall–Kier alpha value is -2.90. The minimum absolute atomic E-state index is 0.0723. The third kappa shape index (κ3) is 3.47. The number of aryl methyl sites for hydroxylation is 2. The third-order valence-corrected chi connectivity index (χ3v) is 5.71. The average molecular weight is 396 g/mol. The van der Waals surface area contributed by atoms with Crippen LogP contribution in [0.1, 0.15) is 45.5 Å². The largest absolute Gasteiger partial charge is 0.474 e. The van der Waals surface area contributed by atoms with Crippen molar-refractivity contribution in [2.45, 2.75) is 52.6 Å². The molecule has 1 fully saturated rings. The molecule has 154 valence electrons. The van der Waals surface area contributed by atoms with Crippen molar-refractivity contribution in [3.63, 3.8) is 0 Å². The Morgan fingerprint density at radius 3 is 2.76 bits per heavy atom. The molecule has 29 heavy (non-hydrogen) atoms. The second-order valence-electron chi connectivity index (χ2n) is 8.92. The number of nitrogens with zero attached hydrogens (tertiary/aromatic N) is 4. The Labute approximate surface area is 170 Å². The van der Waals surface area contributed by atoms with Crippen LogP contribution in [0.15, 0.2) is 12.3 Å². The summed E-state index contributed by atoms with van der Waals surface area (Å²) < 4.78 is 8.17. The van der Waals surface area contributed by atoms with Gasteiger partial charge in [-0.25, -0.2) is 4.98 Å². The second kappa shape index (κ2) is 6.86. The van der Waals surface area contributed by atoms with Crippen LogP contribution in [0.4, 0.5) is 0 Å². The van der Waals surface area contributed by atoms with E-state index in [1.54, 1.807) is 6.20 Å². The summed E-state index contributed by atoms with van der Waals surface area (Å²) >= 11 is 0. The van der Waals surface area contributed by atoms with E-state index >= 15 is 0 Å². The molecule has 0 bridgehead atoms. The van der Waals surface area contributed by atoms with Crippen molar-refractivity contribution in [1.29, 1.82) is 0 Å². The minimum Gasteiger partial charge on any atom is -0.474 e. The van der Waals surface area contributed by atoms with E-state index in [-0.39, 0.29) is 23.3 Å². The third-order valence-electron chi connectivity index (χ3n) is 5.71. The Bertz CT molecular complexity index is 1070. The quantitative estimate of drug-likeness (QED) is 0.707. The number of H-pyrrole nitrogens is 1. The van der Waals surface area contributed by atoms with Crippen molar-refractivity contribution >= 4 is 16.8 Å². The molecule has 3 aromatic heterocycles. The van der Waals surface area contributed by atoms with E-state index < -0.39 is 0 Å². The number of aromatic nitrogens is 5. The summed E-state index contributed by atoms with van der Waals surface area (Å²) in [5, 5.41) is 15.8. The molecule has 0 saturated carbocycles. The number of amides is 1. The van der Waals surface area contributed by atoms with Gasteiger partial charge in [-0.2, -0.15) is 10.2 Å². The lowest BCUT2D eigenvalue weighted by molar-refractivity contribution is -0.119. The van der Waals surface area contributed by atoms with Crippen molar-refractivity contribution in [1.82, 2.24) is 30.3 Å². The molecule has 2 atom stereocenters. The van der Waals surface area contributed by atoms with Gasteiger partial charge in [0.05, 0.1) is 17.3 Å². The van der Waals surface area contributed by atoms with Crippen molar-refractivity contribution < 1.29 is 9.53 Å². The first kappa shape index (κ1) is 19.4. The molecule has 1 amide bonds. The number of pyridine rings is 1. The summed E-state index contributed by atoms with van der Waals surface area (Å²) in [6.45, 7) is 11.0. The molecule has 4 heterocycles. The smallest absolute Gasteiger partial charge is 0.225 e. The number of ether oxygens (including phenoxy) is 1. The first-order valence-electron chi connectivity index (χ1n) is 9.97. The van der Waals surface area contributed by atoms with Crippen molar-refractivity contribution in [3.8, 4) is 17.1 Å². The van der Waals surface area contributed by atoms with Gasteiger partial charge < -0.3 is 10.1 Å². The first-order valence-corrected chi connectivity index (χ1v) is 9.97.